The second kappa shape index (κ2) is 7.53. The van der Waals surface area contributed by atoms with Crippen LogP contribution >= 0.6 is 0 Å². The van der Waals surface area contributed by atoms with E-state index in [1.807, 2.05) is 33.8 Å². The van der Waals surface area contributed by atoms with E-state index in [2.05, 4.69) is 23.8 Å². The number of fused-ring (bicyclic) bond motifs is 1. The molecule has 0 bridgehead atoms. The molecular weight excluding hydrogens is 356 g/mol. The lowest BCUT2D eigenvalue weighted by molar-refractivity contribution is 0.0127. The van der Waals surface area contributed by atoms with E-state index in [4.69, 9.17) is 15.2 Å². The monoisotopic (exact) mass is 388 g/mol. The number of rotatable bonds is 3. The SMILES string of the molecule is Cc1c(N)c(OC2CCN(C(=O)OC(C)(C)C)CC2)cc2[nH]c(C(C)C)nc12. The number of ether oxygens (including phenoxy) is 2. The number of hydrogen-bond donors (Lipinski definition) is 2. The maximum absolute atomic E-state index is 12.2. The fourth-order valence-corrected chi connectivity index (χ4v) is 3.35. The van der Waals surface area contributed by atoms with Crippen molar-refractivity contribution >= 4 is 22.8 Å². The number of aromatic amines is 1. The first-order chi connectivity index (χ1) is 13.0. The van der Waals surface area contributed by atoms with Crippen molar-refractivity contribution in [3.05, 3.63) is 17.5 Å². The minimum absolute atomic E-state index is 0.0188. The number of nitrogens with one attached hydrogen (secondary N) is 1. The summed E-state index contributed by atoms with van der Waals surface area (Å²) in [5.41, 5.74) is 9.25. The third-order valence-corrected chi connectivity index (χ3v) is 4.98. The minimum atomic E-state index is -0.481. The van der Waals surface area contributed by atoms with Crippen molar-refractivity contribution in [2.45, 2.75) is 72.0 Å². The fourth-order valence-electron chi connectivity index (χ4n) is 3.35. The third kappa shape index (κ3) is 4.34. The van der Waals surface area contributed by atoms with E-state index in [9.17, 15) is 4.79 Å². The number of benzene rings is 1. The Morgan fingerprint density at radius 3 is 2.54 bits per heavy atom. The zero-order valence-electron chi connectivity index (χ0n) is 17.8. The fraction of sp³-hybridized carbons (Fsp3) is 0.619. The molecule has 2 aromatic rings. The molecule has 0 spiro atoms. The van der Waals surface area contributed by atoms with Crippen LogP contribution in [0.5, 0.6) is 5.75 Å². The number of piperidine rings is 1. The first-order valence-electron chi connectivity index (χ1n) is 9.98. The number of amides is 1. The molecule has 0 unspecified atom stereocenters. The normalized spacial score (nSPS) is 16.0. The first kappa shape index (κ1) is 20.3. The van der Waals surface area contributed by atoms with Gasteiger partial charge in [-0.25, -0.2) is 9.78 Å². The van der Waals surface area contributed by atoms with Gasteiger partial charge in [-0.15, -0.1) is 0 Å². The van der Waals surface area contributed by atoms with Gasteiger partial charge in [0.1, 0.15) is 23.3 Å². The van der Waals surface area contributed by atoms with E-state index in [1.54, 1.807) is 4.90 Å². The molecule has 1 aromatic carbocycles. The van der Waals surface area contributed by atoms with Gasteiger partial charge in [-0.1, -0.05) is 13.8 Å². The molecule has 1 aliphatic rings. The Morgan fingerprint density at radius 1 is 1.32 bits per heavy atom. The molecule has 1 aliphatic heterocycles. The molecule has 7 heteroatoms. The lowest BCUT2D eigenvalue weighted by atomic mass is 10.1. The van der Waals surface area contributed by atoms with Crippen molar-refractivity contribution in [2.75, 3.05) is 18.8 Å². The van der Waals surface area contributed by atoms with Crippen LogP contribution < -0.4 is 10.5 Å². The second-order valence-electron chi connectivity index (χ2n) is 8.87. The van der Waals surface area contributed by atoms with Crippen LogP contribution in [0.1, 0.15) is 64.8 Å². The van der Waals surface area contributed by atoms with E-state index in [1.165, 1.54) is 0 Å². The van der Waals surface area contributed by atoms with Crippen LogP contribution in [-0.4, -0.2) is 45.8 Å². The van der Waals surface area contributed by atoms with Crippen molar-refractivity contribution in [3.8, 4) is 5.75 Å². The Balaban J connectivity index is 1.69. The number of H-pyrrole nitrogens is 1. The maximum atomic E-state index is 12.2. The predicted octanol–water partition coefficient (Wildman–Crippen LogP) is 4.36. The van der Waals surface area contributed by atoms with Crippen molar-refractivity contribution in [3.63, 3.8) is 0 Å². The Labute approximate surface area is 166 Å². The number of nitrogen functional groups attached to an aromatic ring is 1. The largest absolute Gasteiger partial charge is 0.488 e. The lowest BCUT2D eigenvalue weighted by Crippen LogP contribution is -2.44. The standard InChI is InChI=1S/C21H32N4O3/c1-12(2)19-23-15-11-16(17(22)13(3)18(15)24-19)27-14-7-9-25(10-8-14)20(26)28-21(4,5)6/h11-12,14H,7-10,22H2,1-6H3,(H,23,24). The molecular formula is C21H32N4O3. The van der Waals surface area contributed by atoms with E-state index < -0.39 is 5.60 Å². The number of nitrogens with two attached hydrogens (primary N) is 1. The van der Waals surface area contributed by atoms with Gasteiger partial charge in [0.15, 0.2) is 0 Å². The predicted molar refractivity (Wildman–Crippen MR) is 111 cm³/mol. The summed E-state index contributed by atoms with van der Waals surface area (Å²) in [6.45, 7) is 13.0. The molecule has 0 saturated carbocycles. The molecule has 2 heterocycles. The summed E-state index contributed by atoms with van der Waals surface area (Å²) in [6, 6.07) is 1.94. The number of carbonyl (C=O) groups excluding carboxylic acids is 1. The Hall–Kier alpha value is -2.44. The zero-order chi connectivity index (χ0) is 20.6. The van der Waals surface area contributed by atoms with Gasteiger partial charge in [-0.2, -0.15) is 0 Å². The second-order valence-corrected chi connectivity index (χ2v) is 8.87. The van der Waals surface area contributed by atoms with Gasteiger partial charge in [-0.3, -0.25) is 0 Å². The quantitative estimate of drug-likeness (QED) is 0.762. The van der Waals surface area contributed by atoms with Gasteiger partial charge in [0.25, 0.3) is 0 Å². The summed E-state index contributed by atoms with van der Waals surface area (Å²) >= 11 is 0. The molecule has 7 nitrogen and oxygen atoms in total. The van der Waals surface area contributed by atoms with E-state index >= 15 is 0 Å². The molecule has 28 heavy (non-hydrogen) atoms. The molecule has 1 fully saturated rings. The Bertz CT molecular complexity index is 859. The summed E-state index contributed by atoms with van der Waals surface area (Å²) in [4.78, 5) is 22.0. The molecule has 154 valence electrons. The molecule has 0 atom stereocenters. The van der Waals surface area contributed by atoms with E-state index in [-0.39, 0.29) is 12.2 Å². The highest BCUT2D eigenvalue weighted by molar-refractivity contribution is 5.87. The lowest BCUT2D eigenvalue weighted by Gasteiger charge is -2.33. The number of aryl methyl sites for hydroxylation is 1. The summed E-state index contributed by atoms with van der Waals surface area (Å²) in [5, 5.41) is 0. The summed E-state index contributed by atoms with van der Waals surface area (Å²) < 4.78 is 11.7. The van der Waals surface area contributed by atoms with Crippen LogP contribution in [0.15, 0.2) is 6.07 Å². The minimum Gasteiger partial charge on any atom is -0.488 e. The van der Waals surface area contributed by atoms with Crippen molar-refractivity contribution in [1.82, 2.24) is 14.9 Å². The molecule has 1 aromatic heterocycles. The summed E-state index contributed by atoms with van der Waals surface area (Å²) in [6.07, 6.45) is 1.25. The third-order valence-electron chi connectivity index (χ3n) is 4.98. The summed E-state index contributed by atoms with van der Waals surface area (Å²) in [5.74, 6) is 1.94. The molecule has 3 N–H and O–H groups in total. The number of aromatic nitrogens is 2. The summed E-state index contributed by atoms with van der Waals surface area (Å²) in [7, 11) is 0. The number of likely N-dealkylation sites (tertiary alicyclic amines) is 1. The van der Waals surface area contributed by atoms with Crippen LogP contribution in [0, 0.1) is 6.92 Å². The number of anilines is 1. The Kier molecular flexibility index (Phi) is 5.46. The van der Waals surface area contributed by atoms with Crippen molar-refractivity contribution in [1.29, 1.82) is 0 Å². The van der Waals surface area contributed by atoms with Crippen LogP contribution in [0.3, 0.4) is 0 Å². The molecule has 0 radical (unpaired) electrons. The highest BCUT2D eigenvalue weighted by Crippen LogP contribution is 2.34. The van der Waals surface area contributed by atoms with Crippen molar-refractivity contribution in [2.24, 2.45) is 0 Å². The highest BCUT2D eigenvalue weighted by Gasteiger charge is 2.28. The van der Waals surface area contributed by atoms with Gasteiger partial charge >= 0.3 is 6.09 Å². The number of nitrogens with zero attached hydrogens (tertiary/aromatic N) is 2. The smallest absolute Gasteiger partial charge is 0.410 e. The van der Waals surface area contributed by atoms with Crippen LogP contribution in [0.2, 0.25) is 0 Å². The van der Waals surface area contributed by atoms with Gasteiger partial charge in [0, 0.05) is 43.5 Å². The average Bonchev–Trinajstić information content (AvgIpc) is 3.03. The van der Waals surface area contributed by atoms with Gasteiger partial charge in [-0.05, 0) is 27.7 Å². The maximum Gasteiger partial charge on any atom is 0.410 e. The van der Waals surface area contributed by atoms with Gasteiger partial charge in [0.2, 0.25) is 0 Å². The van der Waals surface area contributed by atoms with E-state index in [0.717, 1.165) is 35.3 Å². The van der Waals surface area contributed by atoms with Gasteiger partial charge < -0.3 is 25.1 Å². The molecule has 1 saturated heterocycles. The topological polar surface area (TPSA) is 93.5 Å². The van der Waals surface area contributed by atoms with Crippen LogP contribution in [-0.2, 0) is 4.74 Å². The molecule has 1 amide bonds. The molecule has 3 rings (SSSR count). The Morgan fingerprint density at radius 2 is 1.96 bits per heavy atom. The van der Waals surface area contributed by atoms with Crippen molar-refractivity contribution < 1.29 is 14.3 Å². The highest BCUT2D eigenvalue weighted by atomic mass is 16.6. The molecule has 0 aliphatic carbocycles. The average molecular weight is 389 g/mol. The van der Waals surface area contributed by atoms with Gasteiger partial charge in [0.05, 0.1) is 16.7 Å². The number of carbonyl (C=O) groups is 1. The number of imidazole rings is 1. The van der Waals surface area contributed by atoms with E-state index in [0.29, 0.717) is 30.4 Å². The number of hydrogen-bond acceptors (Lipinski definition) is 5. The zero-order valence-corrected chi connectivity index (χ0v) is 17.8. The van der Waals surface area contributed by atoms with Crippen LogP contribution in [0.25, 0.3) is 11.0 Å². The van der Waals surface area contributed by atoms with Crippen LogP contribution in [0.4, 0.5) is 10.5 Å². The first-order valence-corrected chi connectivity index (χ1v) is 9.98.